The second-order valence-corrected chi connectivity index (χ2v) is 4.69. The van der Waals surface area contributed by atoms with Crippen molar-refractivity contribution in [3.8, 4) is 0 Å². The molecule has 0 saturated heterocycles. The van der Waals surface area contributed by atoms with E-state index < -0.39 is 0 Å². The third kappa shape index (κ3) is 2.90. The van der Waals surface area contributed by atoms with E-state index >= 15 is 0 Å². The fraction of sp³-hybridized carbons (Fsp3) is 0.300. The molecule has 0 spiro atoms. The number of nitrogens with one attached hydrogen (secondary N) is 1. The molecule has 2 aromatic rings. The first-order valence-electron chi connectivity index (χ1n) is 4.86. The lowest BCUT2D eigenvalue weighted by Gasteiger charge is -2.10. The largest absolute Gasteiger partial charge is 0.369 e. The van der Waals surface area contributed by atoms with Gasteiger partial charge in [0.1, 0.15) is 17.3 Å². The van der Waals surface area contributed by atoms with Crippen molar-refractivity contribution in [1.29, 1.82) is 0 Å². The first kappa shape index (κ1) is 11.3. The molecular formula is C10H11ClN4S. The number of thiazole rings is 1. The van der Waals surface area contributed by atoms with Gasteiger partial charge in [0.2, 0.25) is 0 Å². The van der Waals surface area contributed by atoms with Crippen LogP contribution in [0.25, 0.3) is 0 Å². The fourth-order valence-corrected chi connectivity index (χ4v) is 2.10. The number of hydrogen-bond acceptors (Lipinski definition) is 5. The molecule has 0 aliphatic rings. The van der Waals surface area contributed by atoms with E-state index in [9.17, 15) is 0 Å². The van der Waals surface area contributed by atoms with E-state index in [0.29, 0.717) is 11.1 Å². The first-order chi connectivity index (χ1) is 7.75. The smallest absolute Gasteiger partial charge is 0.134 e. The minimum absolute atomic E-state index is 0.355. The second kappa shape index (κ2) is 5.23. The van der Waals surface area contributed by atoms with Crippen LogP contribution in [0.2, 0.25) is 5.15 Å². The van der Waals surface area contributed by atoms with Gasteiger partial charge in [-0.1, -0.05) is 18.5 Å². The van der Waals surface area contributed by atoms with Gasteiger partial charge < -0.3 is 5.32 Å². The van der Waals surface area contributed by atoms with Crippen LogP contribution in [0.15, 0.2) is 24.0 Å². The molecule has 0 amide bonds. The van der Waals surface area contributed by atoms with Crippen LogP contribution in [0, 0.1) is 0 Å². The van der Waals surface area contributed by atoms with Crippen LogP contribution in [0.1, 0.15) is 17.8 Å². The summed E-state index contributed by atoms with van der Waals surface area (Å²) in [6.07, 6.45) is 3.26. The predicted molar refractivity (Wildman–Crippen MR) is 66.1 cm³/mol. The van der Waals surface area contributed by atoms with Gasteiger partial charge in [-0.15, -0.1) is 11.3 Å². The number of anilines is 1. The highest BCUT2D eigenvalue weighted by Gasteiger charge is 2.07. The Kier molecular flexibility index (Phi) is 3.69. The molecule has 1 atom stereocenters. The Hall–Kier alpha value is -1.20. The summed E-state index contributed by atoms with van der Waals surface area (Å²) in [4.78, 5) is 12.2. The third-order valence-electron chi connectivity index (χ3n) is 2.10. The Balaban J connectivity index is 1.92. The molecule has 0 aromatic carbocycles. The summed E-state index contributed by atoms with van der Waals surface area (Å²) in [5.41, 5.74) is 0. The average Bonchev–Trinajstić information content (AvgIpc) is 2.79. The summed E-state index contributed by atoms with van der Waals surface area (Å²) in [5.74, 6) is 1.09. The summed E-state index contributed by atoms with van der Waals surface area (Å²) in [5, 5.41) is 6.75. The molecule has 0 aliphatic carbocycles. The molecule has 84 valence electrons. The molecule has 16 heavy (non-hydrogen) atoms. The highest BCUT2D eigenvalue weighted by atomic mass is 35.5. The lowest BCUT2D eigenvalue weighted by molar-refractivity contribution is 0.791. The summed E-state index contributed by atoms with van der Waals surface area (Å²) in [6, 6.07) is 1.70. The van der Waals surface area contributed by atoms with Gasteiger partial charge in [0, 0.05) is 30.1 Å². The highest BCUT2D eigenvalue weighted by Crippen LogP contribution is 2.18. The molecule has 0 radical (unpaired) electrons. The van der Waals surface area contributed by atoms with E-state index in [1.165, 1.54) is 6.33 Å². The van der Waals surface area contributed by atoms with E-state index in [2.05, 4.69) is 27.2 Å². The van der Waals surface area contributed by atoms with Gasteiger partial charge in [-0.2, -0.15) is 0 Å². The van der Waals surface area contributed by atoms with Crippen molar-refractivity contribution < 1.29 is 0 Å². The standard InChI is InChI=1S/C10H11ClN4S/c1-7(10-12-2-3-16-10)5-13-9-4-8(11)14-6-15-9/h2-4,6-7H,5H2,1H3,(H,13,14,15). The fourth-order valence-electron chi connectivity index (χ4n) is 1.25. The van der Waals surface area contributed by atoms with Gasteiger partial charge in [-0.05, 0) is 0 Å². The summed E-state index contributed by atoms with van der Waals surface area (Å²) in [6.45, 7) is 2.90. The summed E-state index contributed by atoms with van der Waals surface area (Å²) >= 11 is 7.42. The number of hydrogen-bond donors (Lipinski definition) is 1. The van der Waals surface area contributed by atoms with Gasteiger partial charge >= 0.3 is 0 Å². The van der Waals surface area contributed by atoms with Crippen molar-refractivity contribution in [2.75, 3.05) is 11.9 Å². The van der Waals surface area contributed by atoms with Crippen LogP contribution < -0.4 is 5.32 Å². The van der Waals surface area contributed by atoms with E-state index in [4.69, 9.17) is 11.6 Å². The number of nitrogens with zero attached hydrogens (tertiary/aromatic N) is 3. The van der Waals surface area contributed by atoms with Crippen LogP contribution >= 0.6 is 22.9 Å². The molecule has 0 fully saturated rings. The summed E-state index contributed by atoms with van der Waals surface area (Å²) in [7, 11) is 0. The highest BCUT2D eigenvalue weighted by molar-refractivity contribution is 7.09. The quantitative estimate of drug-likeness (QED) is 0.853. The lowest BCUT2D eigenvalue weighted by atomic mass is 10.2. The Morgan fingerprint density at radius 3 is 3.00 bits per heavy atom. The van der Waals surface area contributed by atoms with Crippen LogP contribution in [0.5, 0.6) is 0 Å². The van der Waals surface area contributed by atoms with Gasteiger partial charge in [-0.25, -0.2) is 15.0 Å². The molecule has 6 heteroatoms. The maximum absolute atomic E-state index is 5.76. The topological polar surface area (TPSA) is 50.7 Å². The van der Waals surface area contributed by atoms with E-state index in [0.717, 1.165) is 17.4 Å². The van der Waals surface area contributed by atoms with Crippen molar-refractivity contribution in [1.82, 2.24) is 15.0 Å². The number of aromatic nitrogens is 3. The van der Waals surface area contributed by atoms with Crippen molar-refractivity contribution in [3.63, 3.8) is 0 Å². The van der Waals surface area contributed by atoms with Gasteiger partial charge in [-0.3, -0.25) is 0 Å². The molecular weight excluding hydrogens is 244 g/mol. The van der Waals surface area contributed by atoms with Crippen LogP contribution in [0.3, 0.4) is 0 Å². The molecule has 4 nitrogen and oxygen atoms in total. The van der Waals surface area contributed by atoms with E-state index in [1.807, 2.05) is 11.6 Å². The zero-order valence-electron chi connectivity index (χ0n) is 8.72. The monoisotopic (exact) mass is 254 g/mol. The minimum atomic E-state index is 0.355. The molecule has 1 N–H and O–H groups in total. The zero-order valence-corrected chi connectivity index (χ0v) is 10.3. The maximum atomic E-state index is 5.76. The maximum Gasteiger partial charge on any atom is 0.134 e. The molecule has 0 aliphatic heterocycles. The molecule has 0 saturated carbocycles. The van der Waals surface area contributed by atoms with Crippen molar-refractivity contribution in [2.24, 2.45) is 0 Å². The lowest BCUT2D eigenvalue weighted by Crippen LogP contribution is -2.10. The Morgan fingerprint density at radius 2 is 2.31 bits per heavy atom. The molecule has 0 bridgehead atoms. The van der Waals surface area contributed by atoms with E-state index in [-0.39, 0.29) is 0 Å². The Morgan fingerprint density at radius 1 is 1.44 bits per heavy atom. The first-order valence-corrected chi connectivity index (χ1v) is 6.12. The predicted octanol–water partition coefficient (Wildman–Crippen LogP) is 2.80. The van der Waals surface area contributed by atoms with Gasteiger partial charge in [0.15, 0.2) is 0 Å². The van der Waals surface area contributed by atoms with Crippen LogP contribution in [0.4, 0.5) is 5.82 Å². The third-order valence-corrected chi connectivity index (χ3v) is 3.31. The molecule has 1 unspecified atom stereocenters. The molecule has 2 aromatic heterocycles. The van der Waals surface area contributed by atoms with Crippen LogP contribution in [-0.2, 0) is 0 Å². The van der Waals surface area contributed by atoms with Gasteiger partial charge in [0.05, 0.1) is 5.01 Å². The van der Waals surface area contributed by atoms with Crippen molar-refractivity contribution in [3.05, 3.63) is 34.1 Å². The van der Waals surface area contributed by atoms with Gasteiger partial charge in [0.25, 0.3) is 0 Å². The SMILES string of the molecule is CC(CNc1cc(Cl)ncn1)c1nccs1. The van der Waals surface area contributed by atoms with E-state index in [1.54, 1.807) is 17.4 Å². The average molecular weight is 255 g/mol. The Labute approximate surface area is 103 Å². The van der Waals surface area contributed by atoms with Crippen LogP contribution in [-0.4, -0.2) is 21.5 Å². The zero-order chi connectivity index (χ0) is 11.4. The van der Waals surface area contributed by atoms with Crippen molar-refractivity contribution >= 4 is 28.8 Å². The summed E-state index contributed by atoms with van der Waals surface area (Å²) < 4.78 is 0. The number of halogens is 1. The normalized spacial score (nSPS) is 12.4. The Bertz CT molecular complexity index is 446. The second-order valence-electron chi connectivity index (χ2n) is 3.38. The van der Waals surface area contributed by atoms with Crippen molar-refractivity contribution in [2.45, 2.75) is 12.8 Å². The molecule has 2 rings (SSSR count). The minimum Gasteiger partial charge on any atom is -0.369 e. The number of rotatable bonds is 4. The molecule has 2 heterocycles.